The van der Waals surface area contributed by atoms with Crippen molar-refractivity contribution in [3.63, 3.8) is 0 Å². The minimum Gasteiger partial charge on any atom is -0.477 e. The largest absolute Gasteiger partial charge is 0.477 e. The molecule has 1 fully saturated rings. The molecule has 6 nitrogen and oxygen atoms in total. The zero-order valence-electron chi connectivity index (χ0n) is 10.2. The Kier molecular flexibility index (Phi) is 4.20. The number of aromatic carboxylic acids is 1. The lowest BCUT2D eigenvalue weighted by molar-refractivity contribution is -0.140. The maximum Gasteiger partial charge on any atom is 0.347 e. The van der Waals surface area contributed by atoms with Crippen molar-refractivity contribution < 1.29 is 19.5 Å². The number of hydrogen-bond acceptors (Lipinski definition) is 6. The van der Waals surface area contributed by atoms with Crippen molar-refractivity contribution in [1.29, 1.82) is 0 Å². The molecule has 1 N–H and O–H groups in total. The van der Waals surface area contributed by atoms with Crippen molar-refractivity contribution in [2.45, 2.75) is 24.1 Å². The Labute approximate surface area is 117 Å². The van der Waals surface area contributed by atoms with E-state index in [1.165, 1.54) is 16.7 Å². The molecule has 102 valence electrons. The Morgan fingerprint density at radius 1 is 1.53 bits per heavy atom. The van der Waals surface area contributed by atoms with Gasteiger partial charge in [0.2, 0.25) is 11.8 Å². The molecule has 1 aromatic rings. The van der Waals surface area contributed by atoms with Gasteiger partial charge in [-0.15, -0.1) is 11.3 Å². The predicted molar refractivity (Wildman–Crippen MR) is 70.5 cm³/mol. The van der Waals surface area contributed by atoms with Crippen LogP contribution in [0.25, 0.3) is 0 Å². The Hall–Kier alpha value is -1.41. The van der Waals surface area contributed by atoms with Crippen LogP contribution in [0.1, 0.15) is 28.2 Å². The number of aromatic nitrogens is 1. The smallest absolute Gasteiger partial charge is 0.347 e. The summed E-state index contributed by atoms with van der Waals surface area (Å²) in [6.45, 7) is 2.10. The van der Waals surface area contributed by atoms with Gasteiger partial charge in [-0.05, 0) is 13.3 Å². The summed E-state index contributed by atoms with van der Waals surface area (Å²) in [4.78, 5) is 39.6. The fourth-order valence-corrected chi connectivity index (χ4v) is 3.65. The highest BCUT2D eigenvalue weighted by molar-refractivity contribution is 8.01. The summed E-state index contributed by atoms with van der Waals surface area (Å²) >= 11 is 2.22. The molecule has 0 unspecified atom stereocenters. The van der Waals surface area contributed by atoms with Crippen LogP contribution < -0.4 is 0 Å². The van der Waals surface area contributed by atoms with Gasteiger partial charge in [0, 0.05) is 13.0 Å². The van der Waals surface area contributed by atoms with E-state index in [0.29, 0.717) is 23.0 Å². The SMILES string of the molecule is Cc1nc(SCC(=O)N2CCCC2=O)sc1C(=O)O. The molecule has 1 aliphatic rings. The molecule has 0 radical (unpaired) electrons. The highest BCUT2D eigenvalue weighted by atomic mass is 32.2. The number of thioether (sulfide) groups is 1. The Morgan fingerprint density at radius 2 is 2.26 bits per heavy atom. The Morgan fingerprint density at radius 3 is 2.79 bits per heavy atom. The summed E-state index contributed by atoms with van der Waals surface area (Å²) in [5, 5.41) is 8.91. The van der Waals surface area contributed by atoms with Gasteiger partial charge in [0.25, 0.3) is 0 Å². The maximum absolute atomic E-state index is 11.8. The molecule has 8 heteroatoms. The summed E-state index contributed by atoms with van der Waals surface area (Å²) in [5.41, 5.74) is 0.449. The van der Waals surface area contributed by atoms with Crippen LogP contribution >= 0.6 is 23.1 Å². The molecule has 0 saturated carbocycles. The molecule has 0 atom stereocenters. The first-order chi connectivity index (χ1) is 8.99. The molecule has 0 aromatic carbocycles. The van der Waals surface area contributed by atoms with Crippen LogP contribution in [0.5, 0.6) is 0 Å². The van der Waals surface area contributed by atoms with Gasteiger partial charge in [-0.25, -0.2) is 9.78 Å². The molecular weight excluding hydrogens is 288 g/mol. The van der Waals surface area contributed by atoms with E-state index in [4.69, 9.17) is 5.11 Å². The number of aryl methyl sites for hydroxylation is 1. The van der Waals surface area contributed by atoms with E-state index in [-0.39, 0.29) is 22.4 Å². The molecule has 2 amide bonds. The number of thiazole rings is 1. The fraction of sp³-hybridized carbons (Fsp3) is 0.455. The van der Waals surface area contributed by atoms with Crippen LogP contribution in [-0.2, 0) is 9.59 Å². The quantitative estimate of drug-likeness (QED) is 0.845. The van der Waals surface area contributed by atoms with Crippen LogP contribution in [-0.4, -0.2) is 45.1 Å². The molecule has 2 rings (SSSR count). The van der Waals surface area contributed by atoms with Crippen LogP contribution in [0.4, 0.5) is 0 Å². The monoisotopic (exact) mass is 300 g/mol. The summed E-state index contributed by atoms with van der Waals surface area (Å²) in [7, 11) is 0. The lowest BCUT2D eigenvalue weighted by atomic mass is 10.4. The van der Waals surface area contributed by atoms with Crippen LogP contribution in [0, 0.1) is 6.92 Å². The predicted octanol–water partition coefficient (Wildman–Crippen LogP) is 1.39. The van der Waals surface area contributed by atoms with Gasteiger partial charge in [-0.3, -0.25) is 14.5 Å². The average Bonchev–Trinajstić information content (AvgIpc) is 2.92. The number of rotatable bonds is 4. The molecule has 2 heterocycles. The second-order valence-electron chi connectivity index (χ2n) is 4.03. The van der Waals surface area contributed by atoms with Crippen LogP contribution in [0.2, 0.25) is 0 Å². The van der Waals surface area contributed by atoms with E-state index < -0.39 is 5.97 Å². The summed E-state index contributed by atoms with van der Waals surface area (Å²) in [6.07, 6.45) is 1.14. The van der Waals surface area contributed by atoms with Crippen molar-refractivity contribution in [3.8, 4) is 0 Å². The van der Waals surface area contributed by atoms with E-state index in [0.717, 1.165) is 17.8 Å². The van der Waals surface area contributed by atoms with Gasteiger partial charge < -0.3 is 5.11 Å². The number of carboxylic acid groups (broad SMARTS) is 1. The molecule has 0 spiro atoms. The lowest BCUT2D eigenvalue weighted by Gasteiger charge is -2.12. The number of imide groups is 1. The van der Waals surface area contributed by atoms with E-state index in [1.54, 1.807) is 6.92 Å². The molecular formula is C11H12N2O4S2. The van der Waals surface area contributed by atoms with E-state index in [9.17, 15) is 14.4 Å². The number of hydrogen-bond donors (Lipinski definition) is 1. The third-order valence-electron chi connectivity index (χ3n) is 2.66. The highest BCUT2D eigenvalue weighted by Gasteiger charge is 2.26. The number of carbonyl (C=O) groups is 3. The standard InChI is InChI=1S/C11H12N2O4S2/c1-6-9(10(16)17)19-11(12-6)18-5-8(15)13-4-2-3-7(13)14/h2-5H2,1H3,(H,16,17). The van der Waals surface area contributed by atoms with Gasteiger partial charge in [0.1, 0.15) is 4.88 Å². The van der Waals surface area contributed by atoms with Crippen molar-refractivity contribution in [3.05, 3.63) is 10.6 Å². The minimum atomic E-state index is -1.01. The summed E-state index contributed by atoms with van der Waals surface area (Å²) in [6, 6.07) is 0. The number of carbonyl (C=O) groups excluding carboxylic acids is 2. The maximum atomic E-state index is 11.8. The van der Waals surface area contributed by atoms with Gasteiger partial charge >= 0.3 is 5.97 Å². The number of amides is 2. The minimum absolute atomic E-state index is 0.109. The molecule has 0 aliphatic carbocycles. The number of carboxylic acids is 1. The second kappa shape index (κ2) is 5.70. The molecule has 1 aliphatic heterocycles. The van der Waals surface area contributed by atoms with Gasteiger partial charge in [-0.1, -0.05) is 11.8 Å². The fourth-order valence-electron chi connectivity index (χ4n) is 1.75. The normalized spacial score (nSPS) is 15.0. The number of nitrogens with zero attached hydrogens (tertiary/aromatic N) is 2. The first kappa shape index (κ1) is 14.0. The van der Waals surface area contributed by atoms with Gasteiger partial charge in [0.05, 0.1) is 11.4 Å². The van der Waals surface area contributed by atoms with E-state index >= 15 is 0 Å². The van der Waals surface area contributed by atoms with Crippen LogP contribution in [0.3, 0.4) is 0 Å². The van der Waals surface area contributed by atoms with Crippen molar-refractivity contribution >= 4 is 40.9 Å². The average molecular weight is 300 g/mol. The van der Waals surface area contributed by atoms with Crippen molar-refractivity contribution in [2.75, 3.05) is 12.3 Å². The van der Waals surface area contributed by atoms with Crippen molar-refractivity contribution in [2.24, 2.45) is 0 Å². The lowest BCUT2D eigenvalue weighted by Crippen LogP contribution is -2.33. The third-order valence-corrected chi connectivity index (χ3v) is 4.94. The summed E-state index contributed by atoms with van der Waals surface area (Å²) < 4.78 is 0.537. The Bertz CT molecular complexity index is 541. The molecule has 0 bridgehead atoms. The summed E-state index contributed by atoms with van der Waals surface area (Å²) in [5.74, 6) is -1.27. The van der Waals surface area contributed by atoms with E-state index in [2.05, 4.69) is 4.98 Å². The first-order valence-corrected chi connectivity index (χ1v) is 7.46. The third kappa shape index (κ3) is 3.13. The zero-order chi connectivity index (χ0) is 14.0. The topological polar surface area (TPSA) is 87.6 Å². The number of likely N-dealkylation sites (tertiary alicyclic amines) is 1. The highest BCUT2D eigenvalue weighted by Crippen LogP contribution is 2.27. The molecule has 1 saturated heterocycles. The first-order valence-electron chi connectivity index (χ1n) is 5.65. The van der Waals surface area contributed by atoms with E-state index in [1.807, 2.05) is 0 Å². The van der Waals surface area contributed by atoms with Crippen molar-refractivity contribution in [1.82, 2.24) is 9.88 Å². The zero-order valence-corrected chi connectivity index (χ0v) is 11.8. The van der Waals surface area contributed by atoms with Crippen LogP contribution in [0.15, 0.2) is 4.34 Å². The second-order valence-corrected chi connectivity index (χ2v) is 6.25. The molecule has 19 heavy (non-hydrogen) atoms. The van der Waals surface area contributed by atoms with Gasteiger partial charge in [-0.2, -0.15) is 0 Å². The Balaban J connectivity index is 1.95. The molecule has 1 aromatic heterocycles. The van der Waals surface area contributed by atoms with Gasteiger partial charge in [0.15, 0.2) is 4.34 Å².